The molecule has 1 N–H and O–H groups in total. The van der Waals surface area contributed by atoms with E-state index in [1.807, 2.05) is 0 Å². The van der Waals surface area contributed by atoms with Crippen molar-refractivity contribution in [3.8, 4) is 0 Å². The molecule has 1 heterocycles. The molecule has 3 heteroatoms. The van der Waals surface area contributed by atoms with Crippen LogP contribution in [0.5, 0.6) is 0 Å². The van der Waals surface area contributed by atoms with Crippen LogP contribution in [0.4, 0.5) is 0 Å². The van der Waals surface area contributed by atoms with E-state index >= 15 is 0 Å². The van der Waals surface area contributed by atoms with Crippen LogP contribution in [-0.4, -0.2) is 4.57 Å². The number of halogens is 1. The maximum atomic E-state index is 3.56. The molecule has 1 atom stereocenters. The monoisotopic (exact) mass is 306 g/mol. The van der Waals surface area contributed by atoms with Crippen LogP contribution in [0.2, 0.25) is 0 Å². The molecule has 1 aromatic carbocycles. The minimum atomic E-state index is 0.350. The first-order chi connectivity index (χ1) is 8.70. The van der Waals surface area contributed by atoms with Crippen molar-refractivity contribution in [3.63, 3.8) is 0 Å². The second kappa shape index (κ2) is 6.21. The van der Waals surface area contributed by atoms with Crippen molar-refractivity contribution in [1.29, 1.82) is 0 Å². The minimum absolute atomic E-state index is 0.350. The Morgan fingerprint density at radius 2 is 2.11 bits per heavy atom. The summed E-state index contributed by atoms with van der Waals surface area (Å²) < 4.78 is 3.39. The highest BCUT2D eigenvalue weighted by molar-refractivity contribution is 9.10. The summed E-state index contributed by atoms with van der Waals surface area (Å²) in [5, 5.41) is 3.56. The quantitative estimate of drug-likeness (QED) is 0.879. The van der Waals surface area contributed by atoms with Crippen molar-refractivity contribution in [3.05, 3.63) is 58.3 Å². The predicted molar refractivity (Wildman–Crippen MR) is 79.5 cm³/mol. The summed E-state index contributed by atoms with van der Waals surface area (Å²) in [7, 11) is 0. The van der Waals surface area contributed by atoms with Gasteiger partial charge in [-0.1, -0.05) is 28.1 Å². The van der Waals surface area contributed by atoms with Gasteiger partial charge in [0.2, 0.25) is 0 Å². The van der Waals surface area contributed by atoms with Gasteiger partial charge >= 0.3 is 0 Å². The molecular weight excluding hydrogens is 288 g/mol. The van der Waals surface area contributed by atoms with Gasteiger partial charge in [-0.25, -0.2) is 0 Å². The Bertz CT molecular complexity index is 505. The summed E-state index contributed by atoms with van der Waals surface area (Å²) in [6.45, 7) is 6.28. The van der Waals surface area contributed by atoms with Crippen LogP contribution in [0.1, 0.15) is 31.1 Å². The lowest BCUT2D eigenvalue weighted by Crippen LogP contribution is -2.19. The zero-order valence-corrected chi connectivity index (χ0v) is 12.4. The van der Waals surface area contributed by atoms with Gasteiger partial charge in [0.25, 0.3) is 0 Å². The Hall–Kier alpha value is -1.06. The Morgan fingerprint density at radius 3 is 2.83 bits per heavy atom. The fraction of sp³-hybridized carbons (Fsp3) is 0.333. The van der Waals surface area contributed by atoms with E-state index in [-0.39, 0.29) is 0 Å². The Kier molecular flexibility index (Phi) is 4.61. The lowest BCUT2D eigenvalue weighted by atomic mass is 10.1. The molecular formula is C15H19BrN2. The number of hydrogen-bond donors (Lipinski definition) is 1. The van der Waals surface area contributed by atoms with E-state index in [0.717, 1.165) is 17.6 Å². The third-order valence-electron chi connectivity index (χ3n) is 3.20. The fourth-order valence-corrected chi connectivity index (χ4v) is 2.49. The lowest BCUT2D eigenvalue weighted by Gasteiger charge is -2.15. The first-order valence-corrected chi connectivity index (χ1v) is 7.13. The molecule has 0 saturated heterocycles. The minimum Gasteiger partial charge on any atom is -0.351 e. The highest BCUT2D eigenvalue weighted by atomic mass is 79.9. The summed E-state index contributed by atoms with van der Waals surface area (Å²) >= 11 is 3.51. The van der Waals surface area contributed by atoms with Gasteiger partial charge in [-0.05, 0) is 43.7 Å². The molecule has 0 fully saturated rings. The predicted octanol–water partition coefficient (Wildman–Crippen LogP) is 4.12. The molecule has 18 heavy (non-hydrogen) atoms. The van der Waals surface area contributed by atoms with Crippen molar-refractivity contribution in [2.75, 3.05) is 0 Å². The molecule has 2 aromatic rings. The Labute approximate surface area is 117 Å². The van der Waals surface area contributed by atoms with Gasteiger partial charge in [-0.2, -0.15) is 0 Å². The summed E-state index contributed by atoms with van der Waals surface area (Å²) in [5.41, 5.74) is 2.64. The van der Waals surface area contributed by atoms with E-state index < -0.39 is 0 Å². The van der Waals surface area contributed by atoms with Gasteiger partial charge in [0.05, 0.1) is 0 Å². The number of nitrogens with zero attached hydrogens (tertiary/aromatic N) is 1. The maximum absolute atomic E-state index is 3.56. The summed E-state index contributed by atoms with van der Waals surface area (Å²) in [4.78, 5) is 0. The van der Waals surface area contributed by atoms with Gasteiger partial charge < -0.3 is 9.88 Å². The summed E-state index contributed by atoms with van der Waals surface area (Å²) in [6, 6.07) is 13.1. The topological polar surface area (TPSA) is 17.0 Å². The van der Waals surface area contributed by atoms with Crippen LogP contribution in [0, 0.1) is 0 Å². The first-order valence-electron chi connectivity index (χ1n) is 6.33. The highest BCUT2D eigenvalue weighted by Gasteiger charge is 2.06. The van der Waals surface area contributed by atoms with Crippen LogP contribution in [0.25, 0.3) is 0 Å². The number of aromatic nitrogens is 1. The first kappa shape index (κ1) is 13.4. The molecule has 0 aliphatic rings. The molecule has 0 radical (unpaired) electrons. The summed E-state index contributed by atoms with van der Waals surface area (Å²) in [5.74, 6) is 0. The maximum Gasteiger partial charge on any atom is 0.0364 e. The molecule has 0 spiro atoms. The lowest BCUT2D eigenvalue weighted by molar-refractivity contribution is 0.549. The normalized spacial score (nSPS) is 12.6. The number of nitrogens with one attached hydrogen (secondary N) is 1. The van der Waals surface area contributed by atoms with Crippen molar-refractivity contribution >= 4 is 15.9 Å². The molecule has 0 unspecified atom stereocenters. The van der Waals surface area contributed by atoms with E-state index in [4.69, 9.17) is 0 Å². The third-order valence-corrected chi connectivity index (χ3v) is 3.70. The van der Waals surface area contributed by atoms with Crippen LogP contribution in [0.15, 0.2) is 47.1 Å². The number of hydrogen-bond acceptors (Lipinski definition) is 1. The smallest absolute Gasteiger partial charge is 0.0364 e. The Morgan fingerprint density at radius 1 is 1.28 bits per heavy atom. The standard InChI is InChI=1S/C15H19BrN2/c1-3-18-9-5-8-15(18)11-17-12(2)13-6-4-7-14(16)10-13/h4-10,12,17H,3,11H2,1-2H3/t12-/m1/s1. The van der Waals surface area contributed by atoms with E-state index in [9.17, 15) is 0 Å². The third kappa shape index (κ3) is 3.24. The van der Waals surface area contributed by atoms with Gasteiger partial charge in [0.15, 0.2) is 0 Å². The molecule has 2 nitrogen and oxygen atoms in total. The summed E-state index contributed by atoms with van der Waals surface area (Å²) in [6.07, 6.45) is 2.13. The second-order valence-corrected chi connectivity index (χ2v) is 5.36. The number of rotatable bonds is 5. The van der Waals surface area contributed by atoms with Gasteiger partial charge in [0.1, 0.15) is 0 Å². The second-order valence-electron chi connectivity index (χ2n) is 4.44. The Balaban J connectivity index is 1.98. The van der Waals surface area contributed by atoms with Crippen molar-refractivity contribution in [2.45, 2.75) is 33.0 Å². The number of aryl methyl sites for hydroxylation is 1. The van der Waals surface area contributed by atoms with Crippen molar-refractivity contribution < 1.29 is 0 Å². The van der Waals surface area contributed by atoms with Crippen LogP contribution >= 0.6 is 15.9 Å². The SMILES string of the molecule is CCn1cccc1CN[C@H](C)c1cccc(Br)c1. The molecule has 0 amide bonds. The van der Waals surface area contributed by atoms with Crippen LogP contribution in [-0.2, 0) is 13.1 Å². The van der Waals surface area contributed by atoms with Gasteiger partial charge in [0, 0.05) is 35.5 Å². The zero-order valence-electron chi connectivity index (χ0n) is 10.9. The molecule has 1 aromatic heterocycles. The van der Waals surface area contributed by atoms with Crippen LogP contribution < -0.4 is 5.32 Å². The molecule has 0 saturated carbocycles. The van der Waals surface area contributed by atoms with E-state index in [2.05, 4.69) is 82.3 Å². The molecule has 0 bridgehead atoms. The largest absolute Gasteiger partial charge is 0.351 e. The van der Waals surface area contributed by atoms with Crippen molar-refractivity contribution in [1.82, 2.24) is 9.88 Å². The molecule has 2 rings (SSSR count). The molecule has 96 valence electrons. The molecule has 0 aliphatic heterocycles. The van der Waals surface area contributed by atoms with Gasteiger partial charge in [-0.15, -0.1) is 0 Å². The molecule has 0 aliphatic carbocycles. The average molecular weight is 307 g/mol. The van der Waals surface area contributed by atoms with Crippen LogP contribution in [0.3, 0.4) is 0 Å². The van der Waals surface area contributed by atoms with E-state index in [1.165, 1.54) is 11.3 Å². The highest BCUT2D eigenvalue weighted by Crippen LogP contribution is 2.18. The van der Waals surface area contributed by atoms with E-state index in [1.54, 1.807) is 0 Å². The average Bonchev–Trinajstić information content (AvgIpc) is 2.83. The fourth-order valence-electron chi connectivity index (χ4n) is 2.07. The zero-order chi connectivity index (χ0) is 13.0. The van der Waals surface area contributed by atoms with Gasteiger partial charge in [-0.3, -0.25) is 0 Å². The van der Waals surface area contributed by atoms with Crippen molar-refractivity contribution in [2.24, 2.45) is 0 Å². The van der Waals surface area contributed by atoms with E-state index in [0.29, 0.717) is 6.04 Å². The number of benzene rings is 1.